The van der Waals surface area contributed by atoms with Crippen molar-refractivity contribution in [3.63, 3.8) is 0 Å². The highest BCUT2D eigenvalue weighted by atomic mass is 16.5. The van der Waals surface area contributed by atoms with E-state index in [2.05, 4.69) is 16.5 Å². The molecule has 1 N–H and O–H groups in total. The molecule has 2 bridgehead atoms. The van der Waals surface area contributed by atoms with Crippen LogP contribution in [-0.4, -0.2) is 40.7 Å². The van der Waals surface area contributed by atoms with E-state index in [1.165, 1.54) is 5.56 Å². The normalized spacial score (nSPS) is 37.5. The van der Waals surface area contributed by atoms with Gasteiger partial charge in [-0.3, -0.25) is 4.79 Å². The molecule has 1 atom stereocenters. The first-order valence-corrected chi connectivity index (χ1v) is 7.39. The number of aromatic nitrogens is 1. The summed E-state index contributed by atoms with van der Waals surface area (Å²) in [6.07, 6.45) is 4.96. The average molecular weight is 274 g/mol. The highest BCUT2D eigenvalue weighted by Gasteiger charge is 2.60. The van der Waals surface area contributed by atoms with E-state index in [0.717, 1.165) is 44.8 Å². The van der Waals surface area contributed by atoms with Gasteiger partial charge in [0.15, 0.2) is 5.60 Å². The molecule has 3 fully saturated rings. The van der Waals surface area contributed by atoms with Gasteiger partial charge in [0.25, 0.3) is 5.91 Å². The zero-order valence-corrected chi connectivity index (χ0v) is 11.8. The quantitative estimate of drug-likeness (QED) is 0.779. The zero-order chi connectivity index (χ0) is 13.8. The van der Waals surface area contributed by atoms with Crippen molar-refractivity contribution in [3.05, 3.63) is 23.9 Å². The molecule has 4 aliphatic rings. The van der Waals surface area contributed by atoms with E-state index in [4.69, 9.17) is 4.74 Å². The van der Waals surface area contributed by atoms with Gasteiger partial charge < -0.3 is 4.74 Å². The van der Waals surface area contributed by atoms with Gasteiger partial charge >= 0.3 is 0 Å². The standard InChI is InChI=1S/C15H19N3O2/c1-11(19)17-18-7-4-13(5-8-18)15(10-18)9-12-3-2-6-16-14(12)20-15/h2-3,6,13H,4-5,7-10H2,1H3/p+1. The number of fused-ring (bicyclic) bond motifs is 3. The van der Waals surface area contributed by atoms with Gasteiger partial charge in [0.2, 0.25) is 5.88 Å². The van der Waals surface area contributed by atoms with Crippen LogP contribution in [0.25, 0.3) is 0 Å². The van der Waals surface area contributed by atoms with Crippen LogP contribution in [0.2, 0.25) is 0 Å². The van der Waals surface area contributed by atoms with Crippen LogP contribution < -0.4 is 10.2 Å². The molecule has 4 aliphatic heterocycles. The van der Waals surface area contributed by atoms with E-state index in [1.807, 2.05) is 6.07 Å². The third kappa shape index (κ3) is 1.66. The predicted molar refractivity (Wildman–Crippen MR) is 72.7 cm³/mol. The molecule has 0 saturated carbocycles. The van der Waals surface area contributed by atoms with Crippen molar-refractivity contribution in [2.45, 2.75) is 31.8 Å². The number of rotatable bonds is 1. The number of amides is 1. The first-order chi connectivity index (χ1) is 9.61. The first-order valence-electron chi connectivity index (χ1n) is 7.39. The fourth-order valence-electron chi connectivity index (χ4n) is 4.39. The topological polar surface area (TPSA) is 51.2 Å². The Hall–Kier alpha value is -1.62. The van der Waals surface area contributed by atoms with Crippen molar-refractivity contribution >= 4 is 5.91 Å². The lowest BCUT2D eigenvalue weighted by molar-refractivity contribution is -0.981. The molecule has 5 heterocycles. The van der Waals surface area contributed by atoms with Crippen LogP contribution in [0.1, 0.15) is 25.3 Å². The Kier molecular flexibility index (Phi) is 2.40. The fourth-order valence-corrected chi connectivity index (χ4v) is 4.39. The second kappa shape index (κ2) is 3.95. The van der Waals surface area contributed by atoms with Crippen LogP contribution in [-0.2, 0) is 11.2 Å². The highest BCUT2D eigenvalue weighted by Crippen LogP contribution is 2.47. The van der Waals surface area contributed by atoms with Crippen molar-refractivity contribution in [2.24, 2.45) is 5.92 Å². The van der Waals surface area contributed by atoms with Crippen molar-refractivity contribution in [3.8, 4) is 5.88 Å². The molecule has 0 aromatic carbocycles. The minimum absolute atomic E-state index is 0.0501. The van der Waals surface area contributed by atoms with Gasteiger partial charge in [-0.2, -0.15) is 0 Å². The molecule has 5 nitrogen and oxygen atoms in total. The highest BCUT2D eigenvalue weighted by molar-refractivity contribution is 5.71. The molecular weight excluding hydrogens is 254 g/mol. The van der Waals surface area contributed by atoms with Gasteiger partial charge in [0.05, 0.1) is 0 Å². The summed E-state index contributed by atoms with van der Waals surface area (Å²) in [5.41, 5.74) is 4.21. The summed E-state index contributed by atoms with van der Waals surface area (Å²) in [5.74, 6) is 1.43. The summed E-state index contributed by atoms with van der Waals surface area (Å²) in [7, 11) is 0. The van der Waals surface area contributed by atoms with Crippen molar-refractivity contribution in [1.82, 2.24) is 10.4 Å². The summed E-state index contributed by atoms with van der Waals surface area (Å²) in [5, 5.41) is 0. The molecule has 0 radical (unpaired) electrons. The maximum absolute atomic E-state index is 11.5. The molecule has 0 aliphatic carbocycles. The van der Waals surface area contributed by atoms with Gasteiger partial charge in [-0.1, -0.05) is 6.07 Å². The SMILES string of the molecule is CC(=O)N[N+]12CCC(CC1)C1(Cc3cccnc3O1)C2. The van der Waals surface area contributed by atoms with Gasteiger partial charge in [-0.25, -0.2) is 15.0 Å². The lowest BCUT2D eigenvalue weighted by atomic mass is 9.72. The Balaban J connectivity index is 1.66. The van der Waals surface area contributed by atoms with E-state index >= 15 is 0 Å². The Morgan fingerprint density at radius 1 is 1.50 bits per heavy atom. The van der Waals surface area contributed by atoms with E-state index in [9.17, 15) is 4.79 Å². The smallest absolute Gasteiger partial charge is 0.261 e. The summed E-state index contributed by atoms with van der Waals surface area (Å²) in [4.78, 5) is 15.9. The van der Waals surface area contributed by atoms with Crippen LogP contribution in [0.4, 0.5) is 0 Å². The Morgan fingerprint density at radius 3 is 3.00 bits per heavy atom. The lowest BCUT2D eigenvalue weighted by Crippen LogP contribution is -2.75. The van der Waals surface area contributed by atoms with Crippen LogP contribution >= 0.6 is 0 Å². The molecule has 5 heteroatoms. The number of nitrogens with one attached hydrogen (secondary N) is 1. The van der Waals surface area contributed by atoms with Crippen LogP contribution in [0, 0.1) is 5.92 Å². The number of hydrogen-bond acceptors (Lipinski definition) is 3. The van der Waals surface area contributed by atoms with E-state index in [-0.39, 0.29) is 11.5 Å². The fraction of sp³-hybridized carbons (Fsp3) is 0.600. The second-order valence-electron chi connectivity index (χ2n) is 6.50. The monoisotopic (exact) mass is 274 g/mol. The molecule has 5 rings (SSSR count). The number of piperidine rings is 3. The van der Waals surface area contributed by atoms with Crippen LogP contribution in [0.5, 0.6) is 5.88 Å². The summed E-state index contributed by atoms with van der Waals surface area (Å²) in [6.45, 7) is 4.53. The molecule has 1 amide bonds. The third-order valence-corrected chi connectivity index (χ3v) is 5.16. The molecule has 1 aromatic heterocycles. The van der Waals surface area contributed by atoms with Crippen LogP contribution in [0.3, 0.4) is 0 Å². The largest absolute Gasteiger partial charge is 0.464 e. The number of nitrogens with zero attached hydrogens (tertiary/aromatic N) is 2. The Labute approximate surface area is 118 Å². The van der Waals surface area contributed by atoms with Crippen molar-refractivity contribution in [2.75, 3.05) is 19.6 Å². The number of ether oxygens (including phenoxy) is 1. The van der Waals surface area contributed by atoms with Gasteiger partial charge in [-0.05, 0) is 6.07 Å². The number of carbonyl (C=O) groups excluding carboxylic acids is 1. The lowest BCUT2D eigenvalue weighted by Gasteiger charge is -2.55. The predicted octanol–water partition coefficient (Wildman–Crippen LogP) is 1.05. The van der Waals surface area contributed by atoms with E-state index in [0.29, 0.717) is 10.5 Å². The van der Waals surface area contributed by atoms with Crippen molar-refractivity contribution < 1.29 is 14.1 Å². The maximum atomic E-state index is 11.5. The Morgan fingerprint density at radius 2 is 2.30 bits per heavy atom. The molecule has 1 unspecified atom stereocenters. The minimum atomic E-state index is -0.157. The van der Waals surface area contributed by atoms with Crippen LogP contribution in [0.15, 0.2) is 18.3 Å². The van der Waals surface area contributed by atoms with Gasteiger partial charge in [-0.15, -0.1) is 0 Å². The number of hydrogen-bond donors (Lipinski definition) is 1. The summed E-state index contributed by atoms with van der Waals surface area (Å²) in [6, 6.07) is 4.08. The second-order valence-corrected chi connectivity index (χ2v) is 6.50. The maximum Gasteiger partial charge on any atom is 0.261 e. The first kappa shape index (κ1) is 12.1. The molecule has 1 spiro atoms. The zero-order valence-electron chi connectivity index (χ0n) is 11.8. The molecular formula is C15H20N3O2+. The molecule has 106 valence electrons. The number of quaternary nitrogens is 1. The average Bonchev–Trinajstić information content (AvgIpc) is 2.75. The minimum Gasteiger partial charge on any atom is -0.464 e. The number of pyridine rings is 1. The summed E-state index contributed by atoms with van der Waals surface area (Å²) < 4.78 is 6.98. The summed E-state index contributed by atoms with van der Waals surface area (Å²) >= 11 is 0. The van der Waals surface area contributed by atoms with Gasteiger partial charge in [0, 0.05) is 43.9 Å². The van der Waals surface area contributed by atoms with Crippen molar-refractivity contribution in [1.29, 1.82) is 0 Å². The van der Waals surface area contributed by atoms with E-state index in [1.54, 1.807) is 13.1 Å². The van der Waals surface area contributed by atoms with E-state index < -0.39 is 0 Å². The Bertz CT molecular complexity index is 539. The third-order valence-electron chi connectivity index (χ3n) is 5.16. The molecule has 20 heavy (non-hydrogen) atoms. The number of carbonyl (C=O) groups is 1. The van der Waals surface area contributed by atoms with Gasteiger partial charge in [0.1, 0.15) is 19.6 Å². The molecule has 1 aromatic rings. The molecule has 3 saturated heterocycles.